The first-order chi connectivity index (χ1) is 10.2. The minimum Gasteiger partial charge on any atom is -0.481 e. The van der Waals surface area contributed by atoms with Crippen LogP contribution in [-0.2, 0) is 14.3 Å². The van der Waals surface area contributed by atoms with Gasteiger partial charge in [0.15, 0.2) is 0 Å². The fraction of sp³-hybridized carbons (Fsp3) is 0.765. The predicted octanol–water partition coefficient (Wildman–Crippen LogP) is 2.73. The van der Waals surface area contributed by atoms with Crippen LogP contribution in [0.4, 0.5) is 0 Å². The number of aliphatic carboxylic acids is 1. The number of carboxylic acids is 1. The summed E-state index contributed by atoms with van der Waals surface area (Å²) in [6.07, 6.45) is 5.00. The number of carboxylic acid groups (broad SMARTS) is 1. The summed E-state index contributed by atoms with van der Waals surface area (Å²) in [5.41, 5.74) is -0.771. The van der Waals surface area contributed by atoms with Crippen LogP contribution in [0, 0.1) is 23.7 Å². The van der Waals surface area contributed by atoms with Crippen molar-refractivity contribution in [2.45, 2.75) is 58.5 Å². The molecule has 0 aromatic heterocycles. The molecule has 0 spiro atoms. The largest absolute Gasteiger partial charge is 0.481 e. The van der Waals surface area contributed by atoms with E-state index in [0.29, 0.717) is 24.0 Å². The highest BCUT2D eigenvalue weighted by atomic mass is 16.5. The summed E-state index contributed by atoms with van der Waals surface area (Å²) in [4.78, 5) is 22.1. The van der Waals surface area contributed by atoms with Crippen LogP contribution in [0.25, 0.3) is 0 Å². The fourth-order valence-corrected chi connectivity index (χ4v) is 4.07. The molecule has 5 heteroatoms. The van der Waals surface area contributed by atoms with Crippen molar-refractivity contribution in [3.05, 3.63) is 11.8 Å². The maximum absolute atomic E-state index is 11.5. The SMILES string of the molecule is C[C@@H]1CC[C@@H](C(C)(C)O)[C@H]2C=C(OC(=O)CC(=O)O)CC[C@H]21. The lowest BCUT2D eigenvalue weighted by atomic mass is 9.60. The van der Waals surface area contributed by atoms with Crippen LogP contribution in [0.3, 0.4) is 0 Å². The van der Waals surface area contributed by atoms with Crippen molar-refractivity contribution in [1.29, 1.82) is 0 Å². The van der Waals surface area contributed by atoms with E-state index in [0.717, 1.165) is 19.3 Å². The van der Waals surface area contributed by atoms with Crippen LogP contribution in [0.5, 0.6) is 0 Å². The van der Waals surface area contributed by atoms with E-state index in [-0.39, 0.29) is 11.8 Å². The molecule has 2 aliphatic rings. The van der Waals surface area contributed by atoms with Crippen molar-refractivity contribution in [3.63, 3.8) is 0 Å². The second-order valence-corrected chi connectivity index (χ2v) is 7.27. The van der Waals surface area contributed by atoms with E-state index in [2.05, 4.69) is 6.92 Å². The number of carbonyl (C=O) groups excluding carboxylic acids is 1. The molecule has 5 nitrogen and oxygen atoms in total. The van der Waals surface area contributed by atoms with Crippen LogP contribution in [-0.4, -0.2) is 27.8 Å². The summed E-state index contributed by atoms with van der Waals surface area (Å²) in [5.74, 6) is 0.0761. The van der Waals surface area contributed by atoms with Crippen molar-refractivity contribution < 1.29 is 24.5 Å². The highest BCUT2D eigenvalue weighted by molar-refractivity contribution is 5.90. The Hall–Kier alpha value is -1.36. The standard InChI is InChI=1S/C17H26O5/c1-10-4-7-14(17(2,3)21)13-8-11(5-6-12(10)13)22-16(20)9-15(18)19/h8,10,12-14,21H,4-7,9H2,1-3H3,(H,18,19)/t10-,12+,13+,14-/m1/s1. The number of fused-ring (bicyclic) bond motifs is 1. The summed E-state index contributed by atoms with van der Waals surface area (Å²) in [6, 6.07) is 0. The van der Waals surface area contributed by atoms with Gasteiger partial charge < -0.3 is 14.9 Å². The minimum absolute atomic E-state index is 0.141. The molecule has 0 aliphatic heterocycles. The van der Waals surface area contributed by atoms with Crippen molar-refractivity contribution >= 4 is 11.9 Å². The Balaban J connectivity index is 2.15. The summed E-state index contributed by atoms with van der Waals surface area (Å²) < 4.78 is 5.21. The average Bonchev–Trinajstić information content (AvgIpc) is 2.36. The van der Waals surface area contributed by atoms with Crippen LogP contribution < -0.4 is 0 Å². The van der Waals surface area contributed by atoms with E-state index in [4.69, 9.17) is 9.84 Å². The molecule has 1 fully saturated rings. The number of rotatable bonds is 4. The van der Waals surface area contributed by atoms with Crippen LogP contribution >= 0.6 is 0 Å². The normalized spacial score (nSPS) is 31.9. The quantitative estimate of drug-likeness (QED) is 0.616. The zero-order chi connectivity index (χ0) is 16.5. The third-order valence-corrected chi connectivity index (χ3v) is 5.17. The molecule has 4 atom stereocenters. The topological polar surface area (TPSA) is 83.8 Å². The Morgan fingerprint density at radius 3 is 2.59 bits per heavy atom. The number of hydrogen-bond acceptors (Lipinski definition) is 4. The Labute approximate surface area is 131 Å². The van der Waals surface area contributed by atoms with Gasteiger partial charge in [0, 0.05) is 6.42 Å². The molecule has 2 N–H and O–H groups in total. The van der Waals surface area contributed by atoms with Gasteiger partial charge in [-0.2, -0.15) is 0 Å². The summed E-state index contributed by atoms with van der Waals surface area (Å²) >= 11 is 0. The van der Waals surface area contributed by atoms with Gasteiger partial charge in [0.25, 0.3) is 0 Å². The van der Waals surface area contributed by atoms with E-state index in [1.807, 2.05) is 19.9 Å². The Bertz CT molecular complexity index is 474. The van der Waals surface area contributed by atoms with Gasteiger partial charge in [-0.05, 0) is 56.4 Å². The summed E-state index contributed by atoms with van der Waals surface area (Å²) in [5, 5.41) is 19.1. The first kappa shape index (κ1) is 17.0. The lowest BCUT2D eigenvalue weighted by Gasteiger charge is -2.47. The molecular weight excluding hydrogens is 284 g/mol. The highest BCUT2D eigenvalue weighted by Gasteiger charge is 2.44. The zero-order valence-corrected chi connectivity index (χ0v) is 13.5. The molecule has 2 rings (SSSR count). The molecule has 1 saturated carbocycles. The summed E-state index contributed by atoms with van der Waals surface area (Å²) in [6.45, 7) is 5.92. The monoisotopic (exact) mass is 310 g/mol. The molecule has 124 valence electrons. The fourth-order valence-electron chi connectivity index (χ4n) is 4.07. The zero-order valence-electron chi connectivity index (χ0n) is 13.5. The molecule has 0 bridgehead atoms. The van der Waals surface area contributed by atoms with Gasteiger partial charge in [0.05, 0.1) is 5.60 Å². The Kier molecular flexibility index (Phi) is 4.95. The van der Waals surface area contributed by atoms with Crippen LogP contribution in [0.2, 0.25) is 0 Å². The number of allylic oxidation sites excluding steroid dienone is 2. The maximum Gasteiger partial charge on any atom is 0.322 e. The van der Waals surface area contributed by atoms with Crippen molar-refractivity contribution in [2.24, 2.45) is 23.7 Å². The predicted molar refractivity (Wildman–Crippen MR) is 80.8 cm³/mol. The minimum atomic E-state index is -1.18. The number of carbonyl (C=O) groups is 2. The first-order valence-corrected chi connectivity index (χ1v) is 8.04. The molecule has 0 amide bonds. The molecule has 0 saturated heterocycles. The first-order valence-electron chi connectivity index (χ1n) is 8.04. The molecule has 0 aromatic carbocycles. The molecular formula is C17H26O5. The lowest BCUT2D eigenvalue weighted by molar-refractivity contribution is -0.149. The third-order valence-electron chi connectivity index (χ3n) is 5.17. The van der Waals surface area contributed by atoms with E-state index in [1.165, 1.54) is 0 Å². The van der Waals surface area contributed by atoms with Gasteiger partial charge in [-0.25, -0.2) is 0 Å². The molecule has 22 heavy (non-hydrogen) atoms. The molecule has 0 aromatic rings. The van der Waals surface area contributed by atoms with Gasteiger partial charge in [-0.3, -0.25) is 9.59 Å². The lowest BCUT2D eigenvalue weighted by Crippen LogP contribution is -2.44. The van der Waals surface area contributed by atoms with Crippen molar-refractivity contribution in [2.75, 3.05) is 0 Å². The van der Waals surface area contributed by atoms with E-state index in [9.17, 15) is 14.7 Å². The summed E-state index contributed by atoms with van der Waals surface area (Å²) in [7, 11) is 0. The number of ether oxygens (including phenoxy) is 1. The maximum atomic E-state index is 11.5. The third kappa shape index (κ3) is 3.88. The van der Waals surface area contributed by atoms with E-state index in [1.54, 1.807) is 0 Å². The second-order valence-electron chi connectivity index (χ2n) is 7.27. The smallest absolute Gasteiger partial charge is 0.322 e. The molecule has 0 heterocycles. The van der Waals surface area contributed by atoms with Gasteiger partial charge in [0.2, 0.25) is 0 Å². The van der Waals surface area contributed by atoms with Crippen molar-refractivity contribution in [3.8, 4) is 0 Å². The van der Waals surface area contributed by atoms with Gasteiger partial charge >= 0.3 is 11.9 Å². The molecule has 2 aliphatic carbocycles. The van der Waals surface area contributed by atoms with Crippen LogP contribution in [0.15, 0.2) is 11.8 Å². The van der Waals surface area contributed by atoms with E-state index < -0.39 is 24.0 Å². The van der Waals surface area contributed by atoms with Gasteiger partial charge in [0.1, 0.15) is 12.2 Å². The van der Waals surface area contributed by atoms with Crippen molar-refractivity contribution in [1.82, 2.24) is 0 Å². The molecule has 0 unspecified atom stereocenters. The van der Waals surface area contributed by atoms with E-state index >= 15 is 0 Å². The van der Waals surface area contributed by atoms with Gasteiger partial charge in [-0.1, -0.05) is 13.3 Å². The molecule has 0 radical (unpaired) electrons. The Morgan fingerprint density at radius 1 is 1.32 bits per heavy atom. The second kappa shape index (κ2) is 6.41. The number of aliphatic hydroxyl groups is 1. The van der Waals surface area contributed by atoms with Crippen LogP contribution in [0.1, 0.15) is 52.9 Å². The highest BCUT2D eigenvalue weighted by Crippen LogP contribution is 2.49. The average molecular weight is 310 g/mol. The number of esters is 1. The van der Waals surface area contributed by atoms with Gasteiger partial charge in [-0.15, -0.1) is 0 Å². The number of hydrogen-bond donors (Lipinski definition) is 2. The Morgan fingerprint density at radius 2 is 2.00 bits per heavy atom.